The summed E-state index contributed by atoms with van der Waals surface area (Å²) in [6.07, 6.45) is 1.91. The van der Waals surface area contributed by atoms with Gasteiger partial charge in [-0.1, -0.05) is 24.3 Å². The third kappa shape index (κ3) is 8.40. The molecule has 0 amide bonds. The van der Waals surface area contributed by atoms with Crippen LogP contribution in [0, 0.1) is 0 Å². The first-order chi connectivity index (χ1) is 11.7. The lowest BCUT2D eigenvalue weighted by atomic mass is 10.1. The number of halogens is 1. The van der Waals surface area contributed by atoms with Gasteiger partial charge in [-0.2, -0.15) is 0 Å². The second-order valence-electron chi connectivity index (χ2n) is 5.81. The van der Waals surface area contributed by atoms with Gasteiger partial charge in [-0.15, -0.1) is 24.0 Å². The summed E-state index contributed by atoms with van der Waals surface area (Å²) in [5.74, 6) is 1.66. The first kappa shape index (κ1) is 21.5. The van der Waals surface area contributed by atoms with Crippen molar-refractivity contribution >= 4 is 29.9 Å². The van der Waals surface area contributed by atoms with Crippen LogP contribution in [0.4, 0.5) is 0 Å². The van der Waals surface area contributed by atoms with E-state index >= 15 is 0 Å². The lowest BCUT2D eigenvalue weighted by Gasteiger charge is -2.11. The van der Waals surface area contributed by atoms with Crippen molar-refractivity contribution in [2.24, 2.45) is 4.99 Å². The minimum absolute atomic E-state index is 0. The fourth-order valence-corrected chi connectivity index (χ4v) is 2.18. The minimum atomic E-state index is 0. The molecule has 1 aromatic heterocycles. The van der Waals surface area contributed by atoms with Crippen molar-refractivity contribution < 1.29 is 9.15 Å². The van der Waals surface area contributed by atoms with E-state index < -0.39 is 0 Å². The molecule has 0 saturated heterocycles. The molecule has 2 N–H and O–H groups in total. The highest BCUT2D eigenvalue weighted by Gasteiger charge is 2.02. The predicted molar refractivity (Wildman–Crippen MR) is 112 cm³/mol. The van der Waals surface area contributed by atoms with Gasteiger partial charge in [-0.3, -0.25) is 0 Å². The summed E-state index contributed by atoms with van der Waals surface area (Å²) in [6, 6.07) is 12.2. The molecule has 2 rings (SSSR count). The zero-order chi connectivity index (χ0) is 17.2. The average molecular weight is 457 g/mol. The summed E-state index contributed by atoms with van der Waals surface area (Å²) in [7, 11) is 0. The number of ether oxygens (including phenoxy) is 1. The molecule has 2 aromatic rings. The number of furan rings is 1. The van der Waals surface area contributed by atoms with Crippen molar-refractivity contribution in [1.82, 2.24) is 10.6 Å². The molecule has 25 heavy (non-hydrogen) atoms. The zero-order valence-electron chi connectivity index (χ0n) is 15.1. The Hall–Kier alpha value is -1.54. The molecule has 0 spiro atoms. The number of benzene rings is 1. The van der Waals surface area contributed by atoms with Gasteiger partial charge < -0.3 is 19.8 Å². The van der Waals surface area contributed by atoms with Gasteiger partial charge in [0.25, 0.3) is 0 Å². The number of hydrogen-bond acceptors (Lipinski definition) is 3. The van der Waals surface area contributed by atoms with Crippen LogP contribution in [0.15, 0.2) is 52.1 Å². The molecule has 0 fully saturated rings. The molecule has 0 unspecified atom stereocenters. The number of aliphatic imine (C=N–C) groups is 1. The zero-order valence-corrected chi connectivity index (χ0v) is 17.4. The maximum absolute atomic E-state index is 5.66. The molecule has 138 valence electrons. The van der Waals surface area contributed by atoms with Crippen molar-refractivity contribution in [3.05, 3.63) is 59.5 Å². The smallest absolute Gasteiger partial charge is 0.191 e. The Morgan fingerprint density at radius 1 is 1.16 bits per heavy atom. The second kappa shape index (κ2) is 11.9. The van der Waals surface area contributed by atoms with Gasteiger partial charge in [-0.05, 0) is 44.0 Å². The fourth-order valence-electron chi connectivity index (χ4n) is 2.18. The van der Waals surface area contributed by atoms with Crippen LogP contribution < -0.4 is 10.6 Å². The Bertz CT molecular complexity index is 627. The summed E-state index contributed by atoms with van der Waals surface area (Å²) >= 11 is 0. The molecule has 0 aliphatic carbocycles. The number of hydrogen-bond donors (Lipinski definition) is 2. The summed E-state index contributed by atoms with van der Waals surface area (Å²) in [4.78, 5) is 4.63. The van der Waals surface area contributed by atoms with Crippen molar-refractivity contribution in [3.8, 4) is 0 Å². The van der Waals surface area contributed by atoms with Crippen LogP contribution in [0.3, 0.4) is 0 Å². The molecular weight excluding hydrogens is 429 g/mol. The molecule has 5 nitrogen and oxygen atoms in total. The topological polar surface area (TPSA) is 58.8 Å². The van der Waals surface area contributed by atoms with Gasteiger partial charge in [0.05, 0.1) is 32.1 Å². The van der Waals surface area contributed by atoms with Crippen molar-refractivity contribution in [2.75, 3.05) is 6.54 Å². The average Bonchev–Trinajstić information content (AvgIpc) is 3.09. The molecule has 1 heterocycles. The first-order valence-corrected chi connectivity index (χ1v) is 8.41. The van der Waals surface area contributed by atoms with Crippen LogP contribution >= 0.6 is 24.0 Å². The lowest BCUT2D eigenvalue weighted by molar-refractivity contribution is 0.0657. The van der Waals surface area contributed by atoms with Crippen LogP contribution in [0.5, 0.6) is 0 Å². The number of rotatable bonds is 8. The molecule has 0 bridgehead atoms. The van der Waals surface area contributed by atoms with Gasteiger partial charge in [0.1, 0.15) is 5.76 Å². The lowest BCUT2D eigenvalue weighted by Crippen LogP contribution is -2.36. The highest BCUT2D eigenvalue weighted by atomic mass is 127. The molecule has 6 heteroatoms. The third-order valence-corrected chi connectivity index (χ3v) is 3.35. The van der Waals surface area contributed by atoms with Gasteiger partial charge in [0, 0.05) is 6.54 Å². The second-order valence-corrected chi connectivity index (χ2v) is 5.81. The van der Waals surface area contributed by atoms with Crippen molar-refractivity contribution in [2.45, 2.75) is 46.6 Å². The number of guanidine groups is 1. The van der Waals surface area contributed by atoms with Crippen LogP contribution in [-0.2, 0) is 24.4 Å². The highest BCUT2D eigenvalue weighted by Crippen LogP contribution is 2.09. The fraction of sp³-hybridized carbons (Fsp3) is 0.421. The minimum Gasteiger partial charge on any atom is -0.467 e. The Labute approximate surface area is 167 Å². The summed E-state index contributed by atoms with van der Waals surface area (Å²) in [5.41, 5.74) is 2.33. The van der Waals surface area contributed by atoms with E-state index in [9.17, 15) is 0 Å². The van der Waals surface area contributed by atoms with Crippen molar-refractivity contribution in [1.29, 1.82) is 0 Å². The molecule has 0 aliphatic heterocycles. The molecule has 0 radical (unpaired) electrons. The van der Waals surface area contributed by atoms with Gasteiger partial charge in [0.2, 0.25) is 0 Å². The first-order valence-electron chi connectivity index (χ1n) is 8.41. The van der Waals surface area contributed by atoms with Gasteiger partial charge >= 0.3 is 0 Å². The van der Waals surface area contributed by atoms with Gasteiger partial charge in [-0.25, -0.2) is 4.99 Å². The van der Waals surface area contributed by atoms with E-state index in [4.69, 9.17) is 9.15 Å². The SMILES string of the molecule is CCNC(=NCc1cccc(COC(C)C)c1)NCc1ccco1.I. The van der Waals surface area contributed by atoms with Crippen LogP contribution in [0.2, 0.25) is 0 Å². The number of nitrogens with one attached hydrogen (secondary N) is 2. The van der Waals surface area contributed by atoms with E-state index in [1.54, 1.807) is 6.26 Å². The molecule has 0 aliphatic rings. The van der Waals surface area contributed by atoms with E-state index in [1.165, 1.54) is 5.56 Å². The molecule has 0 saturated carbocycles. The van der Waals surface area contributed by atoms with E-state index in [2.05, 4.69) is 33.8 Å². The Morgan fingerprint density at radius 3 is 2.64 bits per heavy atom. The maximum atomic E-state index is 5.66. The number of nitrogens with zero attached hydrogens (tertiary/aromatic N) is 1. The molecule has 0 atom stereocenters. The Kier molecular flexibility index (Phi) is 10.3. The van der Waals surface area contributed by atoms with Crippen molar-refractivity contribution in [3.63, 3.8) is 0 Å². The predicted octanol–water partition coefficient (Wildman–Crippen LogP) is 4.08. The van der Waals surface area contributed by atoms with E-state index in [0.717, 1.165) is 23.8 Å². The Morgan fingerprint density at radius 2 is 1.96 bits per heavy atom. The maximum Gasteiger partial charge on any atom is 0.191 e. The largest absolute Gasteiger partial charge is 0.467 e. The normalized spacial score (nSPS) is 11.3. The monoisotopic (exact) mass is 457 g/mol. The van der Waals surface area contributed by atoms with E-state index in [1.807, 2.05) is 39.0 Å². The summed E-state index contributed by atoms with van der Waals surface area (Å²) < 4.78 is 11.0. The molecular formula is C19H28IN3O2. The van der Waals surface area contributed by atoms with Gasteiger partial charge in [0.15, 0.2) is 5.96 Å². The molecule has 1 aromatic carbocycles. The Balaban J connectivity index is 0.00000312. The quantitative estimate of drug-likeness (QED) is 0.357. The third-order valence-electron chi connectivity index (χ3n) is 3.35. The van der Waals surface area contributed by atoms with E-state index in [-0.39, 0.29) is 30.1 Å². The highest BCUT2D eigenvalue weighted by molar-refractivity contribution is 14.0. The van der Waals surface area contributed by atoms with Crippen LogP contribution in [0.1, 0.15) is 37.7 Å². The van der Waals surface area contributed by atoms with E-state index in [0.29, 0.717) is 19.7 Å². The summed E-state index contributed by atoms with van der Waals surface area (Å²) in [6.45, 7) is 8.80. The van der Waals surface area contributed by atoms with Crippen LogP contribution in [-0.4, -0.2) is 18.6 Å². The summed E-state index contributed by atoms with van der Waals surface area (Å²) in [5, 5.41) is 6.51. The van der Waals surface area contributed by atoms with Crippen LogP contribution in [0.25, 0.3) is 0 Å². The standard InChI is InChI=1S/C19H27N3O2.HI/c1-4-20-19(22-13-18-9-6-10-23-18)21-12-16-7-5-8-17(11-16)14-24-15(2)3;/h5-11,15H,4,12-14H2,1-3H3,(H2,20,21,22);1H.